The summed E-state index contributed by atoms with van der Waals surface area (Å²) < 4.78 is 23.2. The Morgan fingerprint density at radius 1 is 1.09 bits per heavy atom. The molecule has 23 heavy (non-hydrogen) atoms. The molecule has 2 N–H and O–H groups in total. The smallest absolute Gasteiger partial charge is 0.226 e. The van der Waals surface area contributed by atoms with Gasteiger partial charge >= 0.3 is 0 Å². The number of carbonyl (C=O) groups excluding carboxylic acids is 1. The van der Waals surface area contributed by atoms with Crippen LogP contribution in [0.4, 0.5) is 15.8 Å². The standard InChI is InChI=1S/C17H19FN2O3/c1-22-14-7-8-15(16(11-14)23-2)19-10-9-17(21)20-13-5-3-12(18)4-6-13/h3-8,11,19H,9-10H2,1-2H3,(H,20,21). The average molecular weight is 318 g/mol. The van der Waals surface area contributed by atoms with Gasteiger partial charge in [-0.05, 0) is 36.4 Å². The van der Waals surface area contributed by atoms with Crippen molar-refractivity contribution in [3.8, 4) is 11.5 Å². The second kappa shape index (κ2) is 8.03. The monoisotopic (exact) mass is 318 g/mol. The molecule has 0 radical (unpaired) electrons. The summed E-state index contributed by atoms with van der Waals surface area (Å²) in [6.07, 6.45) is 0.270. The molecule has 0 saturated heterocycles. The Bertz CT molecular complexity index is 659. The molecule has 0 aromatic heterocycles. The van der Waals surface area contributed by atoms with Crippen LogP contribution in [-0.2, 0) is 4.79 Å². The first-order valence-corrected chi connectivity index (χ1v) is 7.13. The van der Waals surface area contributed by atoms with E-state index in [9.17, 15) is 9.18 Å². The van der Waals surface area contributed by atoms with E-state index in [4.69, 9.17) is 9.47 Å². The molecule has 0 saturated carbocycles. The SMILES string of the molecule is COc1ccc(NCCC(=O)Nc2ccc(F)cc2)c(OC)c1. The normalized spacial score (nSPS) is 10.0. The van der Waals surface area contributed by atoms with Crippen molar-refractivity contribution in [1.29, 1.82) is 0 Å². The van der Waals surface area contributed by atoms with Gasteiger partial charge < -0.3 is 20.1 Å². The van der Waals surface area contributed by atoms with E-state index < -0.39 is 0 Å². The molecule has 2 rings (SSSR count). The van der Waals surface area contributed by atoms with Crippen LogP contribution in [0.2, 0.25) is 0 Å². The van der Waals surface area contributed by atoms with Crippen LogP contribution < -0.4 is 20.1 Å². The number of methoxy groups -OCH3 is 2. The molecule has 0 aliphatic carbocycles. The van der Waals surface area contributed by atoms with Gasteiger partial charge in [-0.3, -0.25) is 4.79 Å². The van der Waals surface area contributed by atoms with Crippen molar-refractivity contribution in [2.24, 2.45) is 0 Å². The molecule has 0 heterocycles. The number of hydrogen-bond donors (Lipinski definition) is 2. The zero-order valence-corrected chi connectivity index (χ0v) is 13.1. The predicted octanol–water partition coefficient (Wildman–Crippen LogP) is 3.28. The number of anilines is 2. The largest absolute Gasteiger partial charge is 0.497 e. The molecule has 0 unspecified atom stereocenters. The van der Waals surface area contributed by atoms with Gasteiger partial charge in [0, 0.05) is 24.7 Å². The number of hydrogen-bond acceptors (Lipinski definition) is 4. The van der Waals surface area contributed by atoms with Crippen LogP contribution in [0.1, 0.15) is 6.42 Å². The molecule has 1 amide bonds. The van der Waals surface area contributed by atoms with E-state index >= 15 is 0 Å². The first-order valence-electron chi connectivity index (χ1n) is 7.13. The number of halogens is 1. The number of amides is 1. The van der Waals surface area contributed by atoms with Gasteiger partial charge in [0.1, 0.15) is 17.3 Å². The van der Waals surface area contributed by atoms with Crippen LogP contribution >= 0.6 is 0 Å². The summed E-state index contributed by atoms with van der Waals surface area (Å²) in [5.41, 5.74) is 1.35. The van der Waals surface area contributed by atoms with Crippen LogP contribution in [-0.4, -0.2) is 26.7 Å². The highest BCUT2D eigenvalue weighted by Gasteiger charge is 2.06. The third-order valence-electron chi connectivity index (χ3n) is 3.20. The van der Waals surface area contributed by atoms with E-state index in [1.54, 1.807) is 20.3 Å². The molecule has 0 aliphatic rings. The molecule has 2 aromatic carbocycles. The molecule has 0 spiro atoms. The third kappa shape index (κ3) is 4.88. The molecule has 5 nitrogen and oxygen atoms in total. The molecule has 0 fully saturated rings. The molecular formula is C17H19FN2O3. The van der Waals surface area contributed by atoms with E-state index in [-0.39, 0.29) is 18.1 Å². The molecule has 0 atom stereocenters. The number of nitrogens with one attached hydrogen (secondary N) is 2. The Morgan fingerprint density at radius 2 is 1.83 bits per heavy atom. The van der Waals surface area contributed by atoms with Gasteiger partial charge in [0.05, 0.1) is 19.9 Å². The van der Waals surface area contributed by atoms with E-state index in [0.717, 1.165) is 5.69 Å². The van der Waals surface area contributed by atoms with Gasteiger partial charge in [-0.15, -0.1) is 0 Å². The fourth-order valence-electron chi connectivity index (χ4n) is 2.01. The van der Waals surface area contributed by atoms with Gasteiger partial charge in [-0.2, -0.15) is 0 Å². The van der Waals surface area contributed by atoms with Crippen LogP contribution in [0.5, 0.6) is 11.5 Å². The van der Waals surface area contributed by atoms with Crippen molar-refractivity contribution in [3.63, 3.8) is 0 Å². The van der Waals surface area contributed by atoms with E-state index in [0.29, 0.717) is 23.7 Å². The first-order chi connectivity index (χ1) is 11.1. The zero-order chi connectivity index (χ0) is 16.7. The molecule has 0 bridgehead atoms. The highest BCUT2D eigenvalue weighted by molar-refractivity contribution is 5.90. The third-order valence-corrected chi connectivity index (χ3v) is 3.20. The summed E-state index contributed by atoms with van der Waals surface area (Å²) in [6, 6.07) is 11.0. The quantitative estimate of drug-likeness (QED) is 0.822. The number of benzene rings is 2. The summed E-state index contributed by atoms with van der Waals surface area (Å²) in [7, 11) is 3.16. The molecular weight excluding hydrogens is 299 g/mol. The lowest BCUT2D eigenvalue weighted by Gasteiger charge is -2.12. The zero-order valence-electron chi connectivity index (χ0n) is 13.1. The molecule has 2 aromatic rings. The number of ether oxygens (including phenoxy) is 2. The fourth-order valence-corrected chi connectivity index (χ4v) is 2.01. The van der Waals surface area contributed by atoms with Crippen molar-refractivity contribution in [2.45, 2.75) is 6.42 Å². The summed E-state index contributed by atoms with van der Waals surface area (Å²) in [6.45, 7) is 0.440. The van der Waals surface area contributed by atoms with Crippen LogP contribution in [0.25, 0.3) is 0 Å². The van der Waals surface area contributed by atoms with Crippen LogP contribution in [0.15, 0.2) is 42.5 Å². The summed E-state index contributed by atoms with van der Waals surface area (Å²) in [5, 5.41) is 5.85. The topological polar surface area (TPSA) is 59.6 Å². The van der Waals surface area contributed by atoms with Crippen LogP contribution in [0.3, 0.4) is 0 Å². The maximum absolute atomic E-state index is 12.8. The fraction of sp³-hybridized carbons (Fsp3) is 0.235. The van der Waals surface area contributed by atoms with E-state index in [2.05, 4.69) is 10.6 Å². The Balaban J connectivity index is 1.84. The maximum Gasteiger partial charge on any atom is 0.226 e. The van der Waals surface area contributed by atoms with Crippen molar-refractivity contribution < 1.29 is 18.7 Å². The predicted molar refractivity (Wildman–Crippen MR) is 87.7 cm³/mol. The summed E-state index contributed by atoms with van der Waals surface area (Å²) in [4.78, 5) is 11.8. The van der Waals surface area contributed by atoms with E-state index in [1.807, 2.05) is 12.1 Å². The van der Waals surface area contributed by atoms with Crippen molar-refractivity contribution in [1.82, 2.24) is 0 Å². The average Bonchev–Trinajstić information content (AvgIpc) is 2.57. The molecule has 0 aliphatic heterocycles. The minimum Gasteiger partial charge on any atom is -0.497 e. The van der Waals surface area contributed by atoms with Crippen molar-refractivity contribution in [2.75, 3.05) is 31.4 Å². The summed E-state index contributed by atoms with van der Waals surface area (Å²) >= 11 is 0. The Morgan fingerprint density at radius 3 is 2.48 bits per heavy atom. The minimum absolute atomic E-state index is 0.156. The van der Waals surface area contributed by atoms with Crippen molar-refractivity contribution >= 4 is 17.3 Å². The lowest BCUT2D eigenvalue weighted by Crippen LogP contribution is -2.16. The highest BCUT2D eigenvalue weighted by Crippen LogP contribution is 2.28. The van der Waals surface area contributed by atoms with Gasteiger partial charge in [-0.1, -0.05) is 0 Å². The molecule has 122 valence electrons. The van der Waals surface area contributed by atoms with Crippen LogP contribution in [0, 0.1) is 5.82 Å². The second-order valence-electron chi connectivity index (χ2n) is 4.80. The first kappa shape index (κ1) is 16.6. The van der Waals surface area contributed by atoms with E-state index in [1.165, 1.54) is 24.3 Å². The number of rotatable bonds is 7. The lowest BCUT2D eigenvalue weighted by atomic mass is 10.2. The van der Waals surface area contributed by atoms with Gasteiger partial charge in [-0.25, -0.2) is 4.39 Å². The Hall–Kier alpha value is -2.76. The van der Waals surface area contributed by atoms with Gasteiger partial charge in [0.2, 0.25) is 5.91 Å². The summed E-state index contributed by atoms with van der Waals surface area (Å²) in [5.74, 6) is 0.845. The Labute approximate surface area is 134 Å². The maximum atomic E-state index is 12.8. The van der Waals surface area contributed by atoms with Gasteiger partial charge in [0.15, 0.2) is 0 Å². The lowest BCUT2D eigenvalue weighted by molar-refractivity contribution is -0.115. The Kier molecular flexibility index (Phi) is 5.80. The molecule has 6 heteroatoms. The second-order valence-corrected chi connectivity index (χ2v) is 4.80. The minimum atomic E-state index is -0.337. The highest BCUT2D eigenvalue weighted by atomic mass is 19.1. The number of carbonyl (C=O) groups is 1. The van der Waals surface area contributed by atoms with Gasteiger partial charge in [0.25, 0.3) is 0 Å². The van der Waals surface area contributed by atoms with Crippen molar-refractivity contribution in [3.05, 3.63) is 48.3 Å².